The van der Waals surface area contributed by atoms with Gasteiger partial charge in [0.2, 0.25) is 5.89 Å². The van der Waals surface area contributed by atoms with Gasteiger partial charge in [0.05, 0.1) is 6.04 Å². The summed E-state index contributed by atoms with van der Waals surface area (Å²) in [5.74, 6) is 1.04. The zero-order chi connectivity index (χ0) is 11.3. The van der Waals surface area contributed by atoms with Crippen molar-refractivity contribution in [1.82, 2.24) is 10.3 Å². The van der Waals surface area contributed by atoms with Gasteiger partial charge in [-0.25, -0.2) is 4.98 Å². The molecule has 0 saturated heterocycles. The summed E-state index contributed by atoms with van der Waals surface area (Å²) in [6.45, 7) is 2.38. The van der Waals surface area contributed by atoms with Crippen LogP contribution >= 0.6 is 11.8 Å². The maximum absolute atomic E-state index is 11.5. The van der Waals surface area contributed by atoms with Crippen LogP contribution in [0.2, 0.25) is 0 Å². The number of hydrogen-bond donors (Lipinski definition) is 2. The number of nitrogens with one attached hydrogen (secondary N) is 1. The molecule has 0 saturated carbocycles. The van der Waals surface area contributed by atoms with Gasteiger partial charge in [-0.3, -0.25) is 4.79 Å². The number of amides is 1. The average molecular weight is 229 g/mol. The van der Waals surface area contributed by atoms with Gasteiger partial charge in [0.25, 0.3) is 5.91 Å². The molecule has 0 aliphatic rings. The first-order valence-corrected chi connectivity index (χ1v) is 6.02. The number of carbonyl (C=O) groups excluding carboxylic acids is 1. The Kier molecular flexibility index (Phi) is 4.64. The Morgan fingerprint density at radius 3 is 3.07 bits per heavy atom. The summed E-state index contributed by atoms with van der Waals surface area (Å²) in [5, 5.41) is 2.73. The molecule has 1 unspecified atom stereocenters. The number of rotatable bonds is 5. The Balaban J connectivity index is 2.51. The number of aromatic nitrogens is 1. The number of nitrogens with two attached hydrogens (primary N) is 1. The van der Waals surface area contributed by atoms with E-state index < -0.39 is 0 Å². The van der Waals surface area contributed by atoms with Gasteiger partial charge in [-0.05, 0) is 13.2 Å². The first-order valence-electron chi connectivity index (χ1n) is 4.63. The van der Waals surface area contributed by atoms with Crippen molar-refractivity contribution in [2.24, 2.45) is 5.73 Å². The summed E-state index contributed by atoms with van der Waals surface area (Å²) in [4.78, 5) is 15.4. The van der Waals surface area contributed by atoms with Gasteiger partial charge < -0.3 is 15.5 Å². The van der Waals surface area contributed by atoms with Crippen LogP contribution in [0.1, 0.15) is 29.3 Å². The molecule has 0 aliphatic heterocycles. The van der Waals surface area contributed by atoms with Crippen LogP contribution in [0.4, 0.5) is 0 Å². The smallest absolute Gasteiger partial charge is 0.273 e. The van der Waals surface area contributed by atoms with Crippen LogP contribution in [-0.4, -0.2) is 29.4 Å². The Labute approximate surface area is 92.8 Å². The lowest BCUT2D eigenvalue weighted by Crippen LogP contribution is -2.26. The van der Waals surface area contributed by atoms with Crippen LogP contribution in [0.15, 0.2) is 10.7 Å². The minimum atomic E-state index is -0.294. The van der Waals surface area contributed by atoms with Crippen LogP contribution in [-0.2, 0) is 0 Å². The van der Waals surface area contributed by atoms with Gasteiger partial charge in [0.1, 0.15) is 6.26 Å². The molecule has 15 heavy (non-hydrogen) atoms. The Morgan fingerprint density at radius 2 is 2.53 bits per heavy atom. The minimum absolute atomic E-state index is 0.222. The highest BCUT2D eigenvalue weighted by Crippen LogP contribution is 2.08. The zero-order valence-corrected chi connectivity index (χ0v) is 9.63. The molecule has 1 aromatic rings. The standard InChI is InChI=1S/C9H15N3O2S/c1-6(10)9-12-7(5-14-9)8(13)11-3-4-15-2/h5-6H,3-4,10H2,1-2H3,(H,11,13). The lowest BCUT2D eigenvalue weighted by Gasteiger charge is -1.99. The lowest BCUT2D eigenvalue weighted by molar-refractivity contribution is 0.0951. The van der Waals surface area contributed by atoms with Crippen molar-refractivity contribution in [2.75, 3.05) is 18.6 Å². The van der Waals surface area contributed by atoms with Gasteiger partial charge in [0.15, 0.2) is 5.69 Å². The van der Waals surface area contributed by atoms with E-state index in [9.17, 15) is 4.79 Å². The average Bonchev–Trinajstić information content (AvgIpc) is 2.66. The molecule has 6 heteroatoms. The van der Waals surface area contributed by atoms with Crippen molar-refractivity contribution < 1.29 is 9.21 Å². The minimum Gasteiger partial charge on any atom is -0.446 e. The second-order valence-electron chi connectivity index (χ2n) is 3.11. The molecule has 1 atom stereocenters. The SMILES string of the molecule is CSCCNC(=O)c1coc(C(C)N)n1. The normalized spacial score (nSPS) is 12.5. The van der Waals surface area contributed by atoms with E-state index in [4.69, 9.17) is 10.2 Å². The summed E-state index contributed by atoms with van der Waals surface area (Å²) < 4.78 is 5.05. The van der Waals surface area contributed by atoms with Crippen molar-refractivity contribution >= 4 is 17.7 Å². The molecule has 1 rings (SSSR count). The van der Waals surface area contributed by atoms with E-state index in [1.54, 1.807) is 18.7 Å². The highest BCUT2D eigenvalue weighted by atomic mass is 32.2. The Hall–Kier alpha value is -1.01. The van der Waals surface area contributed by atoms with Gasteiger partial charge in [-0.2, -0.15) is 11.8 Å². The molecule has 0 spiro atoms. The highest BCUT2D eigenvalue weighted by Gasteiger charge is 2.13. The maximum Gasteiger partial charge on any atom is 0.273 e. The van der Waals surface area contributed by atoms with Gasteiger partial charge >= 0.3 is 0 Å². The predicted molar refractivity (Wildman–Crippen MR) is 59.8 cm³/mol. The molecule has 1 aromatic heterocycles. The van der Waals surface area contributed by atoms with Gasteiger partial charge in [-0.1, -0.05) is 0 Å². The number of carbonyl (C=O) groups is 1. The van der Waals surface area contributed by atoms with Gasteiger partial charge in [0, 0.05) is 12.3 Å². The van der Waals surface area contributed by atoms with Crippen LogP contribution in [0.5, 0.6) is 0 Å². The van der Waals surface area contributed by atoms with E-state index in [2.05, 4.69) is 10.3 Å². The number of hydrogen-bond acceptors (Lipinski definition) is 5. The topological polar surface area (TPSA) is 81.2 Å². The van der Waals surface area contributed by atoms with E-state index >= 15 is 0 Å². The molecule has 1 heterocycles. The fraction of sp³-hybridized carbons (Fsp3) is 0.556. The van der Waals surface area contributed by atoms with Crippen molar-refractivity contribution in [2.45, 2.75) is 13.0 Å². The fourth-order valence-electron chi connectivity index (χ4n) is 0.958. The third kappa shape index (κ3) is 3.56. The third-order valence-electron chi connectivity index (χ3n) is 1.74. The molecule has 5 nitrogen and oxygen atoms in total. The molecular formula is C9H15N3O2S. The zero-order valence-electron chi connectivity index (χ0n) is 8.82. The van der Waals surface area contributed by atoms with Crippen LogP contribution in [0.3, 0.4) is 0 Å². The fourth-order valence-corrected chi connectivity index (χ4v) is 1.26. The summed E-state index contributed by atoms with van der Waals surface area (Å²) in [6, 6.07) is -0.294. The van der Waals surface area contributed by atoms with Crippen molar-refractivity contribution in [1.29, 1.82) is 0 Å². The van der Waals surface area contributed by atoms with E-state index in [-0.39, 0.29) is 17.6 Å². The Bertz CT molecular complexity index is 325. The first-order chi connectivity index (χ1) is 7.15. The Morgan fingerprint density at radius 1 is 1.80 bits per heavy atom. The lowest BCUT2D eigenvalue weighted by atomic mass is 10.4. The van der Waals surface area contributed by atoms with E-state index in [0.717, 1.165) is 5.75 Å². The molecule has 0 aliphatic carbocycles. The van der Waals surface area contributed by atoms with E-state index in [1.807, 2.05) is 6.26 Å². The van der Waals surface area contributed by atoms with E-state index in [1.165, 1.54) is 6.26 Å². The molecule has 0 fully saturated rings. The van der Waals surface area contributed by atoms with Gasteiger partial charge in [-0.15, -0.1) is 0 Å². The third-order valence-corrected chi connectivity index (χ3v) is 2.35. The highest BCUT2D eigenvalue weighted by molar-refractivity contribution is 7.98. The van der Waals surface area contributed by atoms with Crippen LogP contribution < -0.4 is 11.1 Å². The van der Waals surface area contributed by atoms with E-state index in [0.29, 0.717) is 12.4 Å². The molecule has 3 N–H and O–H groups in total. The second-order valence-corrected chi connectivity index (χ2v) is 4.09. The number of oxazole rings is 1. The van der Waals surface area contributed by atoms with Crippen LogP contribution in [0.25, 0.3) is 0 Å². The summed E-state index contributed by atoms with van der Waals surface area (Å²) in [7, 11) is 0. The molecule has 0 radical (unpaired) electrons. The second kappa shape index (κ2) is 5.77. The molecule has 1 amide bonds. The van der Waals surface area contributed by atoms with Crippen molar-refractivity contribution in [3.05, 3.63) is 17.8 Å². The van der Waals surface area contributed by atoms with Crippen LogP contribution in [0, 0.1) is 0 Å². The molecule has 0 bridgehead atoms. The number of thioether (sulfide) groups is 1. The monoisotopic (exact) mass is 229 g/mol. The quantitative estimate of drug-likeness (QED) is 0.729. The largest absolute Gasteiger partial charge is 0.446 e. The summed E-state index contributed by atoms with van der Waals surface area (Å²) in [5.41, 5.74) is 5.84. The number of nitrogens with zero attached hydrogens (tertiary/aromatic N) is 1. The molecule has 84 valence electrons. The summed E-state index contributed by atoms with van der Waals surface area (Å²) in [6.07, 6.45) is 3.31. The first kappa shape index (κ1) is 12.1. The van der Waals surface area contributed by atoms with Crippen molar-refractivity contribution in [3.8, 4) is 0 Å². The predicted octanol–water partition coefficient (Wildman–Crippen LogP) is 0.787. The van der Waals surface area contributed by atoms with Crippen molar-refractivity contribution in [3.63, 3.8) is 0 Å². The molecule has 0 aromatic carbocycles. The summed E-state index contributed by atoms with van der Waals surface area (Å²) >= 11 is 1.67. The maximum atomic E-state index is 11.5. The molecular weight excluding hydrogens is 214 g/mol.